The van der Waals surface area contributed by atoms with Crippen LogP contribution in [0.1, 0.15) is 6.92 Å². The summed E-state index contributed by atoms with van der Waals surface area (Å²) in [7, 11) is 3.51. The average molecular weight is 130 g/mol. The van der Waals surface area contributed by atoms with Crippen molar-refractivity contribution in [2.45, 2.75) is 6.92 Å². The molecule has 0 radical (unpaired) electrons. The largest absolute Gasteiger partial charge is 0.393 e. The monoisotopic (exact) mass is 130 g/mol. The predicted octanol–water partition coefficient (Wildman–Crippen LogP) is 0.261. The number of hydrogen-bond donors (Lipinski definition) is 2. The Balaban J connectivity index is 3.25. The predicted molar refractivity (Wildman–Crippen MR) is 37.8 cm³/mol. The van der Waals surface area contributed by atoms with E-state index in [2.05, 4.69) is 10.6 Å². The van der Waals surface area contributed by atoms with Gasteiger partial charge in [-0.05, 0) is 6.92 Å². The molecule has 0 amide bonds. The molecule has 0 aromatic heterocycles. The lowest BCUT2D eigenvalue weighted by Crippen LogP contribution is -2.15. The normalized spacial score (nSPS) is 11.2. The third kappa shape index (κ3) is 5.17. The second-order valence-electron chi connectivity index (χ2n) is 1.73. The smallest absolute Gasteiger partial charge is 0.115 e. The Kier molecular flexibility index (Phi) is 5.01. The summed E-state index contributed by atoms with van der Waals surface area (Å²) in [5.74, 6) is 0. The van der Waals surface area contributed by atoms with E-state index in [4.69, 9.17) is 4.74 Å². The minimum atomic E-state index is 0.560. The standard InChI is InChI=1S/C6H14N2O/c1-6(4-7-2)8-5-9-3/h4,7-8H,5H2,1-3H3/b6-4+. The summed E-state index contributed by atoms with van der Waals surface area (Å²) < 4.78 is 4.78. The van der Waals surface area contributed by atoms with Gasteiger partial charge in [0, 0.05) is 26.1 Å². The van der Waals surface area contributed by atoms with Crippen LogP contribution in [0.4, 0.5) is 0 Å². The summed E-state index contributed by atoms with van der Waals surface area (Å²) in [6, 6.07) is 0. The van der Waals surface area contributed by atoms with Gasteiger partial charge in [-0.1, -0.05) is 0 Å². The van der Waals surface area contributed by atoms with Gasteiger partial charge in [0.1, 0.15) is 6.73 Å². The quantitative estimate of drug-likeness (QED) is 0.535. The molecule has 0 aliphatic carbocycles. The molecule has 0 aliphatic heterocycles. The van der Waals surface area contributed by atoms with E-state index in [0.29, 0.717) is 6.73 Å². The van der Waals surface area contributed by atoms with Crippen molar-refractivity contribution in [3.05, 3.63) is 11.9 Å². The fourth-order valence-corrected chi connectivity index (χ4v) is 0.454. The maximum absolute atomic E-state index is 4.78. The molecule has 2 N–H and O–H groups in total. The molecular formula is C6H14N2O. The van der Waals surface area contributed by atoms with Crippen LogP contribution in [0.5, 0.6) is 0 Å². The van der Waals surface area contributed by atoms with E-state index < -0.39 is 0 Å². The zero-order valence-electron chi connectivity index (χ0n) is 6.19. The van der Waals surface area contributed by atoms with Crippen molar-refractivity contribution in [2.75, 3.05) is 20.9 Å². The van der Waals surface area contributed by atoms with Crippen LogP contribution in [-0.2, 0) is 4.74 Å². The first-order chi connectivity index (χ1) is 4.31. The Bertz CT molecular complexity index is 91.1. The number of allylic oxidation sites excluding steroid dienone is 1. The SMILES string of the molecule is CN/C=C(\C)NCOC. The number of methoxy groups -OCH3 is 1. The maximum Gasteiger partial charge on any atom is 0.115 e. The van der Waals surface area contributed by atoms with E-state index in [1.807, 2.05) is 20.2 Å². The molecule has 9 heavy (non-hydrogen) atoms. The Morgan fingerprint density at radius 2 is 2.33 bits per heavy atom. The van der Waals surface area contributed by atoms with Gasteiger partial charge in [-0.3, -0.25) is 0 Å². The molecule has 0 rings (SSSR count). The first-order valence-corrected chi connectivity index (χ1v) is 2.88. The highest BCUT2D eigenvalue weighted by Gasteiger charge is 1.81. The molecular weight excluding hydrogens is 116 g/mol. The summed E-state index contributed by atoms with van der Waals surface area (Å²) >= 11 is 0. The molecule has 0 atom stereocenters. The van der Waals surface area contributed by atoms with Crippen LogP contribution in [0, 0.1) is 0 Å². The molecule has 3 heteroatoms. The molecule has 0 heterocycles. The molecule has 0 aliphatic rings. The lowest BCUT2D eigenvalue weighted by Gasteiger charge is -2.03. The van der Waals surface area contributed by atoms with Crippen molar-refractivity contribution in [3.8, 4) is 0 Å². The van der Waals surface area contributed by atoms with Crippen LogP contribution in [0.2, 0.25) is 0 Å². The van der Waals surface area contributed by atoms with Gasteiger partial charge in [-0.2, -0.15) is 0 Å². The maximum atomic E-state index is 4.78. The third-order valence-electron chi connectivity index (χ3n) is 0.856. The number of nitrogens with one attached hydrogen (secondary N) is 2. The van der Waals surface area contributed by atoms with Gasteiger partial charge in [-0.15, -0.1) is 0 Å². The minimum Gasteiger partial charge on any atom is -0.393 e. The molecule has 0 aromatic carbocycles. The third-order valence-corrected chi connectivity index (χ3v) is 0.856. The zero-order valence-corrected chi connectivity index (χ0v) is 6.19. The zero-order chi connectivity index (χ0) is 7.11. The van der Waals surface area contributed by atoms with Crippen LogP contribution in [0.25, 0.3) is 0 Å². The second kappa shape index (κ2) is 5.44. The van der Waals surface area contributed by atoms with Crippen molar-refractivity contribution in [1.29, 1.82) is 0 Å². The molecule has 0 saturated carbocycles. The van der Waals surface area contributed by atoms with Gasteiger partial charge < -0.3 is 15.4 Å². The van der Waals surface area contributed by atoms with E-state index in [9.17, 15) is 0 Å². The molecule has 0 fully saturated rings. The molecule has 0 spiro atoms. The Labute approximate surface area is 56.1 Å². The van der Waals surface area contributed by atoms with Crippen LogP contribution in [0.15, 0.2) is 11.9 Å². The van der Waals surface area contributed by atoms with Crippen molar-refractivity contribution >= 4 is 0 Å². The highest BCUT2D eigenvalue weighted by molar-refractivity contribution is 4.91. The molecule has 0 aromatic rings. The van der Waals surface area contributed by atoms with Crippen LogP contribution >= 0.6 is 0 Å². The van der Waals surface area contributed by atoms with E-state index >= 15 is 0 Å². The Morgan fingerprint density at radius 3 is 2.78 bits per heavy atom. The summed E-state index contributed by atoms with van der Waals surface area (Å²) in [6.45, 7) is 2.53. The van der Waals surface area contributed by atoms with Crippen LogP contribution in [-0.4, -0.2) is 20.9 Å². The Hall–Kier alpha value is -0.700. The first kappa shape index (κ1) is 8.30. The summed E-state index contributed by atoms with van der Waals surface area (Å²) in [6.07, 6.45) is 1.87. The molecule has 0 bridgehead atoms. The molecule has 3 nitrogen and oxygen atoms in total. The van der Waals surface area contributed by atoms with Gasteiger partial charge in [0.05, 0.1) is 0 Å². The minimum absolute atomic E-state index is 0.560. The van der Waals surface area contributed by atoms with E-state index in [1.165, 1.54) is 0 Å². The summed E-state index contributed by atoms with van der Waals surface area (Å²) in [5.41, 5.74) is 1.07. The van der Waals surface area contributed by atoms with Gasteiger partial charge in [0.15, 0.2) is 0 Å². The summed E-state index contributed by atoms with van der Waals surface area (Å²) in [4.78, 5) is 0. The van der Waals surface area contributed by atoms with Gasteiger partial charge in [0.2, 0.25) is 0 Å². The summed E-state index contributed by atoms with van der Waals surface area (Å²) in [5, 5.41) is 5.91. The van der Waals surface area contributed by atoms with Crippen molar-refractivity contribution in [1.82, 2.24) is 10.6 Å². The lowest BCUT2D eigenvalue weighted by atomic mass is 10.5. The van der Waals surface area contributed by atoms with Crippen molar-refractivity contribution < 1.29 is 4.74 Å². The van der Waals surface area contributed by atoms with Crippen molar-refractivity contribution in [2.24, 2.45) is 0 Å². The number of rotatable bonds is 4. The van der Waals surface area contributed by atoms with Crippen LogP contribution in [0.3, 0.4) is 0 Å². The average Bonchev–Trinajstić information content (AvgIpc) is 1.85. The van der Waals surface area contributed by atoms with E-state index in [0.717, 1.165) is 5.70 Å². The first-order valence-electron chi connectivity index (χ1n) is 2.88. The second-order valence-corrected chi connectivity index (χ2v) is 1.73. The van der Waals surface area contributed by atoms with E-state index in [1.54, 1.807) is 7.11 Å². The molecule has 0 unspecified atom stereocenters. The fraction of sp³-hybridized carbons (Fsp3) is 0.667. The topological polar surface area (TPSA) is 33.3 Å². The number of ether oxygens (including phenoxy) is 1. The highest BCUT2D eigenvalue weighted by atomic mass is 16.5. The van der Waals surface area contributed by atoms with Gasteiger partial charge in [-0.25, -0.2) is 0 Å². The van der Waals surface area contributed by atoms with Gasteiger partial charge in [0.25, 0.3) is 0 Å². The fourth-order valence-electron chi connectivity index (χ4n) is 0.454. The number of hydrogen-bond acceptors (Lipinski definition) is 3. The van der Waals surface area contributed by atoms with Gasteiger partial charge >= 0.3 is 0 Å². The van der Waals surface area contributed by atoms with Crippen molar-refractivity contribution in [3.63, 3.8) is 0 Å². The lowest BCUT2D eigenvalue weighted by molar-refractivity contribution is 0.184. The molecule has 0 saturated heterocycles. The van der Waals surface area contributed by atoms with Crippen LogP contribution < -0.4 is 10.6 Å². The highest BCUT2D eigenvalue weighted by Crippen LogP contribution is 1.79. The van der Waals surface area contributed by atoms with E-state index in [-0.39, 0.29) is 0 Å². The Morgan fingerprint density at radius 1 is 1.67 bits per heavy atom. The molecule has 54 valence electrons.